The van der Waals surface area contributed by atoms with Crippen LogP contribution in [0.2, 0.25) is 0 Å². The summed E-state index contributed by atoms with van der Waals surface area (Å²) in [7, 11) is 1.56. The van der Waals surface area contributed by atoms with Crippen LogP contribution in [0.1, 0.15) is 32.1 Å². The van der Waals surface area contributed by atoms with Gasteiger partial charge in [0, 0.05) is 26.1 Å². The summed E-state index contributed by atoms with van der Waals surface area (Å²) in [6.07, 6.45) is -2.51. The fraction of sp³-hybridized carbons (Fsp3) is 0.909. The van der Waals surface area contributed by atoms with Crippen molar-refractivity contribution in [3.63, 3.8) is 0 Å². The van der Waals surface area contributed by atoms with Gasteiger partial charge >= 0.3 is 6.18 Å². The first-order valence-corrected chi connectivity index (χ1v) is 5.92. The molecule has 0 aromatic heterocycles. The fourth-order valence-corrected chi connectivity index (χ4v) is 1.95. The van der Waals surface area contributed by atoms with E-state index in [1.807, 2.05) is 0 Å². The molecule has 0 saturated carbocycles. The maximum absolute atomic E-state index is 12.0. The third kappa shape index (κ3) is 5.91. The van der Waals surface area contributed by atoms with Gasteiger partial charge in [0.25, 0.3) is 0 Å². The van der Waals surface area contributed by atoms with Crippen molar-refractivity contribution in [1.82, 2.24) is 10.2 Å². The van der Waals surface area contributed by atoms with Gasteiger partial charge < -0.3 is 10.2 Å². The number of alkyl halides is 3. The molecule has 0 spiro atoms. The van der Waals surface area contributed by atoms with Gasteiger partial charge in [0.05, 0.1) is 6.42 Å². The summed E-state index contributed by atoms with van der Waals surface area (Å²) in [6, 6.07) is 0.226. The SMILES string of the molecule is CN(CC1CCCCN1)C(=O)CCC(F)(F)F. The molecule has 1 heterocycles. The van der Waals surface area contributed by atoms with Gasteiger partial charge in [0.2, 0.25) is 5.91 Å². The number of likely N-dealkylation sites (N-methyl/N-ethyl adjacent to an activating group) is 1. The molecule has 0 bridgehead atoms. The van der Waals surface area contributed by atoms with E-state index in [1.54, 1.807) is 7.05 Å². The quantitative estimate of drug-likeness (QED) is 0.829. The zero-order valence-corrected chi connectivity index (χ0v) is 10.0. The number of hydrogen-bond acceptors (Lipinski definition) is 2. The highest BCUT2D eigenvalue weighted by molar-refractivity contribution is 5.75. The summed E-state index contributed by atoms with van der Waals surface area (Å²) in [5.41, 5.74) is 0. The summed E-state index contributed by atoms with van der Waals surface area (Å²) in [5, 5.41) is 3.26. The van der Waals surface area contributed by atoms with E-state index in [1.165, 1.54) is 4.90 Å². The Bertz CT molecular complexity index is 250. The van der Waals surface area contributed by atoms with Crippen LogP contribution in [0.3, 0.4) is 0 Å². The van der Waals surface area contributed by atoms with Gasteiger partial charge in [-0.3, -0.25) is 4.79 Å². The van der Waals surface area contributed by atoms with Crippen LogP contribution in [0.4, 0.5) is 13.2 Å². The van der Waals surface area contributed by atoms with Crippen molar-refractivity contribution in [1.29, 1.82) is 0 Å². The molecule has 3 nitrogen and oxygen atoms in total. The molecule has 1 amide bonds. The lowest BCUT2D eigenvalue weighted by atomic mass is 10.0. The molecule has 1 atom stereocenters. The summed E-state index contributed by atoms with van der Waals surface area (Å²) in [6.45, 7) is 1.42. The Morgan fingerprint density at radius 1 is 1.41 bits per heavy atom. The second-order valence-electron chi connectivity index (χ2n) is 4.54. The van der Waals surface area contributed by atoms with E-state index in [9.17, 15) is 18.0 Å². The van der Waals surface area contributed by atoms with Crippen molar-refractivity contribution in [2.75, 3.05) is 20.1 Å². The average molecular weight is 252 g/mol. The minimum atomic E-state index is -4.25. The van der Waals surface area contributed by atoms with Crippen LogP contribution in [-0.2, 0) is 4.79 Å². The number of carbonyl (C=O) groups excluding carboxylic acids is 1. The molecule has 1 aliphatic rings. The number of carbonyl (C=O) groups is 1. The normalized spacial score (nSPS) is 21.3. The maximum Gasteiger partial charge on any atom is 0.389 e. The van der Waals surface area contributed by atoms with Crippen molar-refractivity contribution in [2.24, 2.45) is 0 Å². The number of hydrogen-bond donors (Lipinski definition) is 1. The van der Waals surface area contributed by atoms with E-state index in [0.29, 0.717) is 6.54 Å². The Morgan fingerprint density at radius 2 is 2.12 bits per heavy atom. The third-order valence-corrected chi connectivity index (χ3v) is 2.95. The number of nitrogens with zero attached hydrogens (tertiary/aromatic N) is 1. The number of amides is 1. The molecule has 0 aromatic rings. The Labute approximate surface area is 99.4 Å². The van der Waals surface area contributed by atoms with Crippen LogP contribution >= 0.6 is 0 Å². The van der Waals surface area contributed by atoms with Gasteiger partial charge in [-0.05, 0) is 19.4 Å². The largest absolute Gasteiger partial charge is 0.389 e. The van der Waals surface area contributed by atoms with E-state index in [0.717, 1.165) is 25.8 Å². The highest BCUT2D eigenvalue weighted by Gasteiger charge is 2.29. The Balaban J connectivity index is 2.26. The molecule has 6 heteroatoms. The predicted molar refractivity (Wildman–Crippen MR) is 58.6 cm³/mol. The molecular weight excluding hydrogens is 233 g/mol. The molecule has 1 saturated heterocycles. The number of rotatable bonds is 4. The highest BCUT2D eigenvalue weighted by Crippen LogP contribution is 2.21. The smallest absolute Gasteiger partial charge is 0.344 e. The first-order chi connectivity index (χ1) is 7.88. The minimum absolute atomic E-state index is 0.226. The molecular formula is C11H19F3N2O. The van der Waals surface area contributed by atoms with E-state index < -0.39 is 24.9 Å². The molecule has 1 unspecified atom stereocenters. The van der Waals surface area contributed by atoms with Gasteiger partial charge in [-0.1, -0.05) is 6.42 Å². The Morgan fingerprint density at radius 3 is 2.65 bits per heavy atom. The highest BCUT2D eigenvalue weighted by atomic mass is 19.4. The molecule has 1 fully saturated rings. The lowest BCUT2D eigenvalue weighted by molar-refractivity contribution is -0.148. The van der Waals surface area contributed by atoms with Crippen molar-refractivity contribution in [3.05, 3.63) is 0 Å². The van der Waals surface area contributed by atoms with Gasteiger partial charge in [-0.2, -0.15) is 13.2 Å². The monoisotopic (exact) mass is 252 g/mol. The molecule has 1 rings (SSSR count). The van der Waals surface area contributed by atoms with E-state index in [-0.39, 0.29) is 6.04 Å². The van der Waals surface area contributed by atoms with Gasteiger partial charge in [0.1, 0.15) is 0 Å². The molecule has 0 aromatic carbocycles. The predicted octanol–water partition coefficient (Wildman–Crippen LogP) is 1.93. The zero-order valence-electron chi connectivity index (χ0n) is 10.0. The molecule has 1 N–H and O–H groups in total. The fourth-order valence-electron chi connectivity index (χ4n) is 1.95. The molecule has 1 aliphatic heterocycles. The van der Waals surface area contributed by atoms with Crippen molar-refractivity contribution in [2.45, 2.75) is 44.3 Å². The summed E-state index contributed by atoms with van der Waals surface area (Å²) < 4.78 is 35.9. The second kappa shape index (κ2) is 6.23. The number of nitrogens with one attached hydrogen (secondary N) is 1. The third-order valence-electron chi connectivity index (χ3n) is 2.95. The van der Waals surface area contributed by atoms with Gasteiger partial charge in [-0.25, -0.2) is 0 Å². The van der Waals surface area contributed by atoms with Crippen LogP contribution in [0.5, 0.6) is 0 Å². The molecule has 100 valence electrons. The van der Waals surface area contributed by atoms with Crippen LogP contribution < -0.4 is 5.32 Å². The van der Waals surface area contributed by atoms with Crippen LogP contribution in [0.15, 0.2) is 0 Å². The topological polar surface area (TPSA) is 32.3 Å². The van der Waals surface area contributed by atoms with Gasteiger partial charge in [0.15, 0.2) is 0 Å². The van der Waals surface area contributed by atoms with E-state index in [2.05, 4.69) is 5.32 Å². The number of halogens is 3. The zero-order chi connectivity index (χ0) is 12.9. The standard InChI is InChI=1S/C11H19F3N2O/c1-16(8-9-4-2-3-7-15-9)10(17)5-6-11(12,13)14/h9,15H,2-8H2,1H3. The molecule has 17 heavy (non-hydrogen) atoms. The maximum atomic E-state index is 12.0. The van der Waals surface area contributed by atoms with E-state index in [4.69, 9.17) is 0 Å². The lowest BCUT2D eigenvalue weighted by Crippen LogP contribution is -2.44. The Kier molecular flexibility index (Phi) is 5.24. The second-order valence-corrected chi connectivity index (χ2v) is 4.54. The lowest BCUT2D eigenvalue weighted by Gasteiger charge is -2.28. The van der Waals surface area contributed by atoms with Gasteiger partial charge in [-0.15, -0.1) is 0 Å². The van der Waals surface area contributed by atoms with Crippen LogP contribution in [0.25, 0.3) is 0 Å². The van der Waals surface area contributed by atoms with Crippen molar-refractivity contribution in [3.8, 4) is 0 Å². The van der Waals surface area contributed by atoms with Crippen molar-refractivity contribution >= 4 is 5.91 Å². The first kappa shape index (κ1) is 14.3. The first-order valence-electron chi connectivity index (χ1n) is 5.92. The summed E-state index contributed by atoms with van der Waals surface area (Å²) in [4.78, 5) is 12.9. The summed E-state index contributed by atoms with van der Waals surface area (Å²) >= 11 is 0. The average Bonchev–Trinajstić information content (AvgIpc) is 2.26. The minimum Gasteiger partial charge on any atom is -0.344 e. The Hall–Kier alpha value is -0.780. The van der Waals surface area contributed by atoms with Crippen LogP contribution in [0, 0.1) is 0 Å². The van der Waals surface area contributed by atoms with Crippen LogP contribution in [-0.4, -0.2) is 43.2 Å². The summed E-state index contributed by atoms with van der Waals surface area (Å²) in [5.74, 6) is -0.435. The van der Waals surface area contributed by atoms with Crippen molar-refractivity contribution < 1.29 is 18.0 Å². The molecule has 0 aliphatic carbocycles. The van der Waals surface area contributed by atoms with E-state index >= 15 is 0 Å². The number of piperidine rings is 1. The molecule has 0 radical (unpaired) electrons.